The second kappa shape index (κ2) is 8.17. The van der Waals surface area contributed by atoms with Gasteiger partial charge in [-0.1, -0.05) is 42.5 Å². The van der Waals surface area contributed by atoms with Crippen molar-refractivity contribution >= 4 is 38.8 Å². The topological polar surface area (TPSA) is 66.5 Å². The summed E-state index contributed by atoms with van der Waals surface area (Å²) in [5.74, 6) is -0.200. The summed E-state index contributed by atoms with van der Waals surface area (Å²) < 4.78 is 25.6. The summed E-state index contributed by atoms with van der Waals surface area (Å²) in [4.78, 5) is 12.2. The molecule has 0 fully saturated rings. The van der Waals surface area contributed by atoms with Crippen molar-refractivity contribution in [3.8, 4) is 0 Å². The van der Waals surface area contributed by atoms with Crippen molar-refractivity contribution in [2.45, 2.75) is 0 Å². The molecule has 0 atom stereocenters. The van der Waals surface area contributed by atoms with E-state index in [1.807, 2.05) is 6.07 Å². The van der Waals surface area contributed by atoms with Crippen LogP contribution < -0.4 is 9.62 Å². The Labute approximate surface area is 147 Å². The number of benzene rings is 2. The maximum absolute atomic E-state index is 12.2. The van der Waals surface area contributed by atoms with Gasteiger partial charge in [-0.25, -0.2) is 8.42 Å². The number of ketones is 1. The van der Waals surface area contributed by atoms with E-state index in [-0.39, 0.29) is 24.0 Å². The quantitative estimate of drug-likeness (QED) is 0.576. The number of carbonyl (C=O) groups excluding carboxylic acids is 1. The van der Waals surface area contributed by atoms with Crippen LogP contribution in [0.5, 0.6) is 0 Å². The van der Waals surface area contributed by atoms with Crippen LogP contribution in [0.4, 0.5) is 11.4 Å². The molecule has 0 aliphatic heterocycles. The molecule has 0 radical (unpaired) electrons. The number of hydrogen-bond acceptors (Lipinski definition) is 4. The normalized spacial score (nSPS) is 11.1. The summed E-state index contributed by atoms with van der Waals surface area (Å²) in [6.07, 6.45) is 0. The molecule has 1 N–H and O–H groups in total. The van der Waals surface area contributed by atoms with Crippen LogP contribution in [0.15, 0.2) is 54.6 Å². The Morgan fingerprint density at radius 3 is 2.38 bits per heavy atom. The van der Waals surface area contributed by atoms with E-state index in [4.69, 9.17) is 11.6 Å². The van der Waals surface area contributed by atoms with Gasteiger partial charge in [-0.2, -0.15) is 0 Å². The number of carbonyl (C=O) groups is 1. The first kappa shape index (κ1) is 18.3. The minimum absolute atomic E-state index is 0.0226. The first-order chi connectivity index (χ1) is 11.5. The zero-order valence-corrected chi connectivity index (χ0v) is 14.8. The van der Waals surface area contributed by atoms with E-state index in [0.29, 0.717) is 16.9 Å². The van der Waals surface area contributed by atoms with Crippen molar-refractivity contribution in [1.82, 2.24) is 0 Å². The summed E-state index contributed by atoms with van der Waals surface area (Å²) >= 11 is 5.56. The standard InChI is InChI=1S/C17H19ClN2O3S/c1-20(24(22,23)12-11-18)16-10-6-5-9-15(16)19-13-17(21)14-7-3-2-4-8-14/h2-10,19H,11-13H2,1H3. The van der Waals surface area contributed by atoms with Gasteiger partial charge in [0.1, 0.15) is 0 Å². The van der Waals surface area contributed by atoms with Gasteiger partial charge in [-0.3, -0.25) is 9.10 Å². The van der Waals surface area contributed by atoms with Crippen molar-refractivity contribution in [2.75, 3.05) is 34.8 Å². The second-order valence-electron chi connectivity index (χ2n) is 5.13. The number of Topliss-reactive ketones (excluding diaryl/α,β-unsaturated/α-hetero) is 1. The molecule has 0 saturated heterocycles. The Morgan fingerprint density at radius 1 is 1.08 bits per heavy atom. The number of nitrogens with zero attached hydrogens (tertiary/aromatic N) is 1. The van der Waals surface area contributed by atoms with Crippen LogP contribution in [-0.2, 0) is 10.0 Å². The molecule has 5 nitrogen and oxygen atoms in total. The molecule has 0 aliphatic carbocycles. The number of rotatable bonds is 8. The molecule has 2 rings (SSSR count). The van der Waals surface area contributed by atoms with Gasteiger partial charge < -0.3 is 5.32 Å². The maximum atomic E-state index is 12.2. The van der Waals surface area contributed by atoms with Gasteiger partial charge >= 0.3 is 0 Å². The maximum Gasteiger partial charge on any atom is 0.236 e. The van der Waals surface area contributed by atoms with Gasteiger partial charge in [-0.05, 0) is 12.1 Å². The highest BCUT2D eigenvalue weighted by molar-refractivity contribution is 7.92. The lowest BCUT2D eigenvalue weighted by molar-refractivity contribution is 0.101. The van der Waals surface area contributed by atoms with E-state index >= 15 is 0 Å². The van der Waals surface area contributed by atoms with Gasteiger partial charge in [-0.15, -0.1) is 11.6 Å². The predicted molar refractivity (Wildman–Crippen MR) is 98.6 cm³/mol. The zero-order chi connectivity index (χ0) is 17.6. The van der Waals surface area contributed by atoms with Crippen LogP contribution in [0.3, 0.4) is 0 Å². The van der Waals surface area contributed by atoms with Crippen LogP contribution in [-0.4, -0.2) is 39.4 Å². The summed E-state index contributed by atoms with van der Waals surface area (Å²) in [6, 6.07) is 15.9. The van der Waals surface area contributed by atoms with Crippen molar-refractivity contribution in [3.63, 3.8) is 0 Å². The Balaban J connectivity index is 2.16. The lowest BCUT2D eigenvalue weighted by Crippen LogP contribution is -2.30. The van der Waals surface area contributed by atoms with Crippen molar-refractivity contribution in [1.29, 1.82) is 0 Å². The Kier molecular flexibility index (Phi) is 6.23. The summed E-state index contributed by atoms with van der Waals surface area (Å²) in [5.41, 5.74) is 1.65. The van der Waals surface area contributed by atoms with E-state index in [0.717, 1.165) is 0 Å². The highest BCUT2D eigenvalue weighted by Gasteiger charge is 2.20. The highest BCUT2D eigenvalue weighted by atomic mass is 35.5. The molecule has 0 spiro atoms. The number of alkyl halides is 1. The number of para-hydroxylation sites is 2. The van der Waals surface area contributed by atoms with Crippen LogP contribution in [0, 0.1) is 0 Å². The van der Waals surface area contributed by atoms with Crippen LogP contribution >= 0.6 is 11.6 Å². The summed E-state index contributed by atoms with van der Waals surface area (Å²) in [6.45, 7) is 0.0738. The molecule has 0 bridgehead atoms. The number of anilines is 2. The first-order valence-electron chi connectivity index (χ1n) is 7.39. The fraction of sp³-hybridized carbons (Fsp3) is 0.235. The molecular weight excluding hydrogens is 348 g/mol. The van der Waals surface area contributed by atoms with E-state index in [1.165, 1.54) is 11.4 Å². The average Bonchev–Trinajstić information content (AvgIpc) is 2.60. The molecule has 2 aromatic carbocycles. The highest BCUT2D eigenvalue weighted by Crippen LogP contribution is 2.26. The first-order valence-corrected chi connectivity index (χ1v) is 9.54. The predicted octanol–water partition coefficient (Wildman–Crippen LogP) is 2.99. The fourth-order valence-corrected chi connectivity index (χ4v) is 3.70. The Bertz CT molecular complexity index is 794. The van der Waals surface area contributed by atoms with Gasteiger partial charge in [0.25, 0.3) is 0 Å². The van der Waals surface area contributed by atoms with Gasteiger partial charge in [0.2, 0.25) is 10.0 Å². The molecule has 7 heteroatoms. The number of halogens is 1. The zero-order valence-electron chi connectivity index (χ0n) is 13.3. The molecule has 24 heavy (non-hydrogen) atoms. The number of nitrogens with one attached hydrogen (secondary N) is 1. The molecule has 0 heterocycles. The summed E-state index contributed by atoms with van der Waals surface area (Å²) in [5, 5.41) is 3.02. The molecule has 0 saturated carbocycles. The van der Waals surface area contributed by atoms with Crippen LogP contribution in [0.2, 0.25) is 0 Å². The largest absolute Gasteiger partial charge is 0.376 e. The second-order valence-corrected chi connectivity index (χ2v) is 7.63. The molecular formula is C17H19ClN2O3S. The lowest BCUT2D eigenvalue weighted by Gasteiger charge is -2.22. The van der Waals surface area contributed by atoms with E-state index in [2.05, 4.69) is 5.32 Å². The van der Waals surface area contributed by atoms with Gasteiger partial charge in [0.05, 0.1) is 23.7 Å². The smallest absolute Gasteiger partial charge is 0.236 e. The van der Waals surface area contributed by atoms with Crippen LogP contribution in [0.1, 0.15) is 10.4 Å². The third-order valence-corrected chi connectivity index (χ3v) is 5.70. The van der Waals surface area contributed by atoms with Crippen molar-refractivity contribution < 1.29 is 13.2 Å². The number of hydrogen-bond donors (Lipinski definition) is 1. The Morgan fingerprint density at radius 2 is 1.71 bits per heavy atom. The molecule has 0 unspecified atom stereocenters. The van der Waals surface area contributed by atoms with E-state index in [1.54, 1.807) is 48.5 Å². The monoisotopic (exact) mass is 366 g/mol. The minimum atomic E-state index is -3.50. The third kappa shape index (κ3) is 4.49. The molecule has 0 aromatic heterocycles. The molecule has 0 aliphatic rings. The van der Waals surface area contributed by atoms with Crippen LogP contribution in [0.25, 0.3) is 0 Å². The molecule has 2 aromatic rings. The SMILES string of the molecule is CN(c1ccccc1NCC(=O)c1ccccc1)S(=O)(=O)CCCl. The van der Waals surface area contributed by atoms with Crippen molar-refractivity contribution in [2.24, 2.45) is 0 Å². The average molecular weight is 367 g/mol. The van der Waals surface area contributed by atoms with Crippen molar-refractivity contribution in [3.05, 3.63) is 60.2 Å². The minimum Gasteiger partial charge on any atom is -0.376 e. The molecule has 0 amide bonds. The van der Waals surface area contributed by atoms with E-state index < -0.39 is 10.0 Å². The Hall–Kier alpha value is -2.05. The lowest BCUT2D eigenvalue weighted by atomic mass is 10.1. The van der Waals surface area contributed by atoms with Gasteiger partial charge in [0.15, 0.2) is 5.78 Å². The summed E-state index contributed by atoms with van der Waals surface area (Å²) in [7, 11) is -2.03. The third-order valence-electron chi connectivity index (χ3n) is 3.53. The van der Waals surface area contributed by atoms with E-state index in [9.17, 15) is 13.2 Å². The fourth-order valence-electron chi connectivity index (χ4n) is 2.18. The molecule has 128 valence electrons. The van der Waals surface area contributed by atoms with Gasteiger partial charge in [0, 0.05) is 18.5 Å². The number of sulfonamides is 1.